The molecule has 2 atom stereocenters. The lowest BCUT2D eigenvalue weighted by atomic mass is 9.97. The topological polar surface area (TPSA) is 15.3 Å². The Balaban J connectivity index is 1.80. The zero-order valence-corrected chi connectivity index (χ0v) is 9.84. The second-order valence-corrected chi connectivity index (χ2v) is 5.40. The standard InChI is InChI=1S/C12H24N2/c1-4-14-8-5-11(9-10(14)2)13-12(3)6-7-12/h10-11,13H,4-9H2,1-3H3. The molecule has 2 rings (SSSR count). The van der Waals surface area contributed by atoms with Crippen molar-refractivity contribution < 1.29 is 0 Å². The van der Waals surface area contributed by atoms with Crippen molar-refractivity contribution in [2.24, 2.45) is 0 Å². The maximum atomic E-state index is 3.82. The van der Waals surface area contributed by atoms with Crippen molar-refractivity contribution in [1.82, 2.24) is 10.2 Å². The summed E-state index contributed by atoms with van der Waals surface area (Å²) in [6.45, 7) is 9.50. The third-order valence-corrected chi connectivity index (χ3v) is 3.97. The van der Waals surface area contributed by atoms with Crippen LogP contribution < -0.4 is 5.32 Å². The van der Waals surface area contributed by atoms with E-state index in [2.05, 4.69) is 31.0 Å². The Kier molecular flexibility index (Phi) is 2.85. The summed E-state index contributed by atoms with van der Waals surface area (Å²) in [4.78, 5) is 2.59. The van der Waals surface area contributed by atoms with Gasteiger partial charge in [-0.15, -0.1) is 0 Å². The van der Waals surface area contributed by atoms with E-state index in [4.69, 9.17) is 0 Å². The highest BCUT2D eigenvalue weighted by Crippen LogP contribution is 2.36. The highest BCUT2D eigenvalue weighted by molar-refractivity contribution is 5.00. The van der Waals surface area contributed by atoms with Gasteiger partial charge in [-0.3, -0.25) is 0 Å². The van der Waals surface area contributed by atoms with Crippen LogP contribution in [0.3, 0.4) is 0 Å². The molecule has 0 spiro atoms. The summed E-state index contributed by atoms with van der Waals surface area (Å²) in [6, 6.07) is 1.55. The molecule has 1 aliphatic heterocycles. The second-order valence-electron chi connectivity index (χ2n) is 5.40. The Morgan fingerprint density at radius 3 is 2.64 bits per heavy atom. The minimum absolute atomic E-state index is 0.513. The monoisotopic (exact) mass is 196 g/mol. The summed E-state index contributed by atoms with van der Waals surface area (Å²) < 4.78 is 0. The second kappa shape index (κ2) is 3.82. The minimum atomic E-state index is 0.513. The van der Waals surface area contributed by atoms with E-state index in [0.29, 0.717) is 5.54 Å². The van der Waals surface area contributed by atoms with Gasteiger partial charge in [0.25, 0.3) is 0 Å². The van der Waals surface area contributed by atoms with Gasteiger partial charge in [-0.25, -0.2) is 0 Å². The Hall–Kier alpha value is -0.0800. The molecule has 1 heterocycles. The first kappa shape index (κ1) is 10.4. The Morgan fingerprint density at radius 2 is 2.14 bits per heavy atom. The third kappa shape index (κ3) is 2.29. The summed E-state index contributed by atoms with van der Waals surface area (Å²) in [5.74, 6) is 0. The lowest BCUT2D eigenvalue weighted by molar-refractivity contribution is 0.137. The molecule has 2 unspecified atom stereocenters. The lowest BCUT2D eigenvalue weighted by Gasteiger charge is -2.38. The fraction of sp³-hybridized carbons (Fsp3) is 1.00. The maximum Gasteiger partial charge on any atom is 0.0157 e. The molecule has 1 saturated carbocycles. The van der Waals surface area contributed by atoms with Crippen LogP contribution >= 0.6 is 0 Å². The summed E-state index contributed by atoms with van der Waals surface area (Å²) in [7, 11) is 0. The fourth-order valence-electron chi connectivity index (χ4n) is 2.65. The van der Waals surface area contributed by atoms with E-state index < -0.39 is 0 Å². The van der Waals surface area contributed by atoms with Gasteiger partial charge in [0, 0.05) is 17.6 Å². The van der Waals surface area contributed by atoms with Gasteiger partial charge in [-0.05, 0) is 52.6 Å². The lowest BCUT2D eigenvalue weighted by Crippen LogP contribution is -2.49. The van der Waals surface area contributed by atoms with Crippen LogP contribution in [0.5, 0.6) is 0 Å². The predicted molar refractivity (Wildman–Crippen MR) is 60.5 cm³/mol. The number of nitrogens with one attached hydrogen (secondary N) is 1. The molecule has 0 amide bonds. The minimum Gasteiger partial charge on any atom is -0.309 e. The van der Waals surface area contributed by atoms with Gasteiger partial charge >= 0.3 is 0 Å². The van der Waals surface area contributed by atoms with E-state index in [0.717, 1.165) is 12.1 Å². The molecular weight excluding hydrogens is 172 g/mol. The normalized spacial score (nSPS) is 37.1. The van der Waals surface area contributed by atoms with Gasteiger partial charge < -0.3 is 10.2 Å². The van der Waals surface area contributed by atoms with Gasteiger partial charge in [0.15, 0.2) is 0 Å². The highest BCUT2D eigenvalue weighted by atomic mass is 15.2. The van der Waals surface area contributed by atoms with Crippen LogP contribution in [0.25, 0.3) is 0 Å². The molecular formula is C12H24N2. The first-order chi connectivity index (χ1) is 6.63. The van der Waals surface area contributed by atoms with Gasteiger partial charge in [0.05, 0.1) is 0 Å². The van der Waals surface area contributed by atoms with E-state index in [1.807, 2.05) is 0 Å². The molecule has 0 radical (unpaired) electrons. The molecule has 2 nitrogen and oxygen atoms in total. The number of nitrogens with zero attached hydrogens (tertiary/aromatic N) is 1. The van der Waals surface area contributed by atoms with Crippen molar-refractivity contribution in [2.45, 2.75) is 64.1 Å². The van der Waals surface area contributed by atoms with Gasteiger partial charge in [0.1, 0.15) is 0 Å². The van der Waals surface area contributed by atoms with Crippen LogP contribution in [0, 0.1) is 0 Å². The summed E-state index contributed by atoms with van der Waals surface area (Å²) in [5.41, 5.74) is 0.513. The van der Waals surface area contributed by atoms with Crippen molar-refractivity contribution in [2.75, 3.05) is 13.1 Å². The summed E-state index contributed by atoms with van der Waals surface area (Å²) >= 11 is 0. The fourth-order valence-corrected chi connectivity index (χ4v) is 2.65. The zero-order chi connectivity index (χ0) is 10.2. The molecule has 2 fully saturated rings. The average molecular weight is 196 g/mol. The molecule has 2 aliphatic rings. The van der Waals surface area contributed by atoms with Crippen molar-refractivity contribution >= 4 is 0 Å². The smallest absolute Gasteiger partial charge is 0.0157 e. The van der Waals surface area contributed by atoms with Crippen LogP contribution in [-0.2, 0) is 0 Å². The molecule has 0 aromatic rings. The third-order valence-electron chi connectivity index (χ3n) is 3.97. The van der Waals surface area contributed by atoms with Crippen LogP contribution in [0.15, 0.2) is 0 Å². The largest absolute Gasteiger partial charge is 0.309 e. The average Bonchev–Trinajstić information content (AvgIpc) is 2.84. The van der Waals surface area contributed by atoms with E-state index in [1.54, 1.807) is 0 Å². The number of rotatable bonds is 3. The predicted octanol–water partition coefficient (Wildman–Crippen LogP) is 2.00. The Labute approximate surface area is 88.1 Å². The zero-order valence-electron chi connectivity index (χ0n) is 9.84. The van der Waals surface area contributed by atoms with E-state index in [9.17, 15) is 0 Å². The van der Waals surface area contributed by atoms with Gasteiger partial charge in [0.2, 0.25) is 0 Å². The molecule has 1 N–H and O–H groups in total. The highest BCUT2D eigenvalue weighted by Gasteiger charge is 2.39. The van der Waals surface area contributed by atoms with Gasteiger partial charge in [-0.2, -0.15) is 0 Å². The van der Waals surface area contributed by atoms with Crippen molar-refractivity contribution in [3.8, 4) is 0 Å². The Bertz CT molecular complexity index is 198. The first-order valence-corrected chi connectivity index (χ1v) is 6.15. The van der Waals surface area contributed by atoms with Crippen LogP contribution in [0.2, 0.25) is 0 Å². The Morgan fingerprint density at radius 1 is 1.43 bits per heavy atom. The summed E-state index contributed by atoms with van der Waals surface area (Å²) in [5, 5.41) is 3.82. The number of piperidine rings is 1. The first-order valence-electron chi connectivity index (χ1n) is 6.15. The molecule has 1 aliphatic carbocycles. The van der Waals surface area contributed by atoms with Gasteiger partial charge in [-0.1, -0.05) is 6.92 Å². The van der Waals surface area contributed by atoms with Crippen molar-refractivity contribution in [3.63, 3.8) is 0 Å². The number of hydrogen-bond donors (Lipinski definition) is 1. The number of likely N-dealkylation sites (tertiary alicyclic amines) is 1. The molecule has 0 aromatic heterocycles. The molecule has 82 valence electrons. The van der Waals surface area contributed by atoms with E-state index in [1.165, 1.54) is 38.8 Å². The van der Waals surface area contributed by atoms with Crippen molar-refractivity contribution in [3.05, 3.63) is 0 Å². The number of hydrogen-bond acceptors (Lipinski definition) is 2. The molecule has 1 saturated heterocycles. The SMILES string of the molecule is CCN1CCC(NC2(C)CC2)CC1C. The van der Waals surface area contributed by atoms with E-state index >= 15 is 0 Å². The quantitative estimate of drug-likeness (QED) is 0.743. The molecule has 2 heteroatoms. The van der Waals surface area contributed by atoms with Crippen LogP contribution in [0.4, 0.5) is 0 Å². The molecule has 14 heavy (non-hydrogen) atoms. The maximum absolute atomic E-state index is 3.82. The molecule has 0 bridgehead atoms. The van der Waals surface area contributed by atoms with Crippen LogP contribution in [0.1, 0.15) is 46.5 Å². The summed E-state index contributed by atoms with van der Waals surface area (Å²) in [6.07, 6.45) is 5.45. The molecule has 0 aromatic carbocycles. The van der Waals surface area contributed by atoms with Crippen LogP contribution in [-0.4, -0.2) is 35.6 Å². The van der Waals surface area contributed by atoms with E-state index in [-0.39, 0.29) is 0 Å². The van der Waals surface area contributed by atoms with Crippen molar-refractivity contribution in [1.29, 1.82) is 0 Å².